The van der Waals surface area contributed by atoms with Crippen LogP contribution < -0.4 is 5.32 Å². The Hall–Kier alpha value is -1.58. The highest BCUT2D eigenvalue weighted by atomic mass is 16.2. The number of carbonyl (C=O) groups excluding carboxylic acids is 1. The number of hydrogen-bond donors (Lipinski definition) is 1. The SMILES string of the molecule is CN(C)C(=O)c1cc(NC2CCCCC2)ccn1. The average Bonchev–Trinajstić information content (AvgIpc) is 2.39. The maximum Gasteiger partial charge on any atom is 0.272 e. The number of amides is 1. The molecule has 2 rings (SSSR count). The van der Waals surface area contributed by atoms with Gasteiger partial charge in [-0.15, -0.1) is 0 Å². The van der Waals surface area contributed by atoms with Crippen LogP contribution in [0.15, 0.2) is 18.3 Å². The molecule has 1 aromatic heterocycles. The minimum atomic E-state index is -0.0534. The van der Waals surface area contributed by atoms with Gasteiger partial charge < -0.3 is 10.2 Å². The van der Waals surface area contributed by atoms with Crippen molar-refractivity contribution in [3.8, 4) is 0 Å². The van der Waals surface area contributed by atoms with Crippen molar-refractivity contribution >= 4 is 11.6 Å². The molecule has 1 fully saturated rings. The molecule has 1 N–H and O–H groups in total. The van der Waals surface area contributed by atoms with E-state index in [-0.39, 0.29) is 5.91 Å². The summed E-state index contributed by atoms with van der Waals surface area (Å²) < 4.78 is 0. The van der Waals surface area contributed by atoms with Gasteiger partial charge in [0.2, 0.25) is 0 Å². The van der Waals surface area contributed by atoms with E-state index in [1.165, 1.54) is 32.1 Å². The molecular weight excluding hydrogens is 226 g/mol. The van der Waals surface area contributed by atoms with Crippen LogP contribution in [0.2, 0.25) is 0 Å². The lowest BCUT2D eigenvalue weighted by molar-refractivity contribution is 0.0822. The number of pyridine rings is 1. The highest BCUT2D eigenvalue weighted by molar-refractivity contribution is 5.92. The Labute approximate surface area is 108 Å². The second kappa shape index (κ2) is 5.85. The fraction of sp³-hybridized carbons (Fsp3) is 0.571. The second-order valence-corrected chi connectivity index (χ2v) is 5.11. The van der Waals surface area contributed by atoms with Crippen LogP contribution in [0.25, 0.3) is 0 Å². The van der Waals surface area contributed by atoms with E-state index in [9.17, 15) is 4.79 Å². The van der Waals surface area contributed by atoms with Gasteiger partial charge in [-0.3, -0.25) is 9.78 Å². The number of carbonyl (C=O) groups is 1. The van der Waals surface area contributed by atoms with Gasteiger partial charge in [0.05, 0.1) is 0 Å². The van der Waals surface area contributed by atoms with Crippen LogP contribution in [0.3, 0.4) is 0 Å². The lowest BCUT2D eigenvalue weighted by Crippen LogP contribution is -2.24. The van der Waals surface area contributed by atoms with Gasteiger partial charge >= 0.3 is 0 Å². The standard InChI is InChI=1S/C14H21N3O/c1-17(2)14(18)13-10-12(8-9-15-13)16-11-6-4-3-5-7-11/h8-11H,3-7H2,1-2H3,(H,15,16). The summed E-state index contributed by atoms with van der Waals surface area (Å²) in [6.07, 6.45) is 8.08. The van der Waals surface area contributed by atoms with Gasteiger partial charge in [-0.2, -0.15) is 0 Å². The van der Waals surface area contributed by atoms with Crippen molar-refractivity contribution in [3.05, 3.63) is 24.0 Å². The van der Waals surface area contributed by atoms with E-state index in [0.717, 1.165) is 5.69 Å². The van der Waals surface area contributed by atoms with Gasteiger partial charge in [0.25, 0.3) is 5.91 Å². The normalized spacial score (nSPS) is 16.3. The van der Waals surface area contributed by atoms with E-state index in [2.05, 4.69) is 10.3 Å². The molecule has 0 bridgehead atoms. The molecule has 18 heavy (non-hydrogen) atoms. The molecule has 0 aliphatic heterocycles. The topological polar surface area (TPSA) is 45.2 Å². The van der Waals surface area contributed by atoms with E-state index in [4.69, 9.17) is 0 Å². The van der Waals surface area contributed by atoms with Crippen molar-refractivity contribution in [2.24, 2.45) is 0 Å². The third-order valence-corrected chi connectivity index (χ3v) is 3.36. The maximum atomic E-state index is 11.8. The molecule has 0 atom stereocenters. The fourth-order valence-corrected chi connectivity index (χ4v) is 2.35. The largest absolute Gasteiger partial charge is 0.382 e. The lowest BCUT2D eigenvalue weighted by atomic mass is 9.95. The van der Waals surface area contributed by atoms with Crippen LogP contribution in [0.4, 0.5) is 5.69 Å². The van der Waals surface area contributed by atoms with Crippen LogP contribution in [-0.4, -0.2) is 35.9 Å². The minimum absolute atomic E-state index is 0.0534. The van der Waals surface area contributed by atoms with E-state index in [0.29, 0.717) is 11.7 Å². The van der Waals surface area contributed by atoms with E-state index < -0.39 is 0 Å². The van der Waals surface area contributed by atoms with Crippen LogP contribution >= 0.6 is 0 Å². The second-order valence-electron chi connectivity index (χ2n) is 5.11. The summed E-state index contributed by atoms with van der Waals surface area (Å²) in [6, 6.07) is 4.32. The Balaban J connectivity index is 2.04. The fourth-order valence-electron chi connectivity index (χ4n) is 2.35. The van der Waals surface area contributed by atoms with Gasteiger partial charge in [-0.05, 0) is 25.0 Å². The predicted molar refractivity (Wildman–Crippen MR) is 72.8 cm³/mol. The van der Waals surface area contributed by atoms with Crippen molar-refractivity contribution in [3.63, 3.8) is 0 Å². The molecule has 0 aromatic carbocycles. The van der Waals surface area contributed by atoms with Crippen molar-refractivity contribution < 1.29 is 4.79 Å². The zero-order chi connectivity index (χ0) is 13.0. The zero-order valence-corrected chi connectivity index (χ0v) is 11.1. The first kappa shape index (κ1) is 12.9. The number of aromatic nitrogens is 1. The monoisotopic (exact) mass is 247 g/mol. The molecule has 4 nitrogen and oxygen atoms in total. The number of nitrogens with one attached hydrogen (secondary N) is 1. The van der Waals surface area contributed by atoms with E-state index in [1.807, 2.05) is 12.1 Å². The van der Waals surface area contributed by atoms with E-state index >= 15 is 0 Å². The smallest absolute Gasteiger partial charge is 0.272 e. The number of rotatable bonds is 3. The van der Waals surface area contributed by atoms with Crippen molar-refractivity contribution in [2.75, 3.05) is 19.4 Å². The molecule has 4 heteroatoms. The Bertz CT molecular complexity index is 411. The molecule has 0 spiro atoms. The van der Waals surface area contributed by atoms with Crippen LogP contribution in [0.5, 0.6) is 0 Å². The quantitative estimate of drug-likeness (QED) is 0.892. The van der Waals surface area contributed by atoms with Crippen LogP contribution in [0.1, 0.15) is 42.6 Å². The van der Waals surface area contributed by atoms with Crippen molar-refractivity contribution in [1.82, 2.24) is 9.88 Å². The summed E-state index contributed by atoms with van der Waals surface area (Å²) in [5, 5.41) is 3.50. The maximum absolute atomic E-state index is 11.8. The van der Waals surface area contributed by atoms with Gasteiger partial charge in [0.1, 0.15) is 5.69 Å². The molecule has 0 radical (unpaired) electrons. The summed E-state index contributed by atoms with van der Waals surface area (Å²) in [5.41, 5.74) is 1.50. The molecule has 1 aliphatic carbocycles. The number of hydrogen-bond acceptors (Lipinski definition) is 3. The first-order chi connectivity index (χ1) is 8.66. The van der Waals surface area contributed by atoms with E-state index in [1.54, 1.807) is 25.2 Å². The first-order valence-electron chi connectivity index (χ1n) is 6.61. The molecule has 1 aromatic rings. The molecule has 1 saturated carbocycles. The predicted octanol–water partition coefficient (Wildman–Crippen LogP) is 2.53. The van der Waals surface area contributed by atoms with Gasteiger partial charge in [-0.25, -0.2) is 0 Å². The summed E-state index contributed by atoms with van der Waals surface area (Å²) in [5.74, 6) is -0.0534. The number of anilines is 1. The summed E-state index contributed by atoms with van der Waals surface area (Å²) in [6.45, 7) is 0. The van der Waals surface area contributed by atoms with Gasteiger partial charge in [0, 0.05) is 32.0 Å². The summed E-state index contributed by atoms with van der Waals surface area (Å²) in [7, 11) is 3.48. The molecule has 1 heterocycles. The highest BCUT2D eigenvalue weighted by Crippen LogP contribution is 2.21. The zero-order valence-electron chi connectivity index (χ0n) is 11.1. The minimum Gasteiger partial charge on any atom is -0.382 e. The summed E-state index contributed by atoms with van der Waals surface area (Å²) >= 11 is 0. The lowest BCUT2D eigenvalue weighted by Gasteiger charge is -2.24. The molecule has 1 aliphatic rings. The van der Waals surface area contributed by atoms with Crippen LogP contribution in [0, 0.1) is 0 Å². The molecule has 98 valence electrons. The summed E-state index contributed by atoms with van der Waals surface area (Å²) in [4.78, 5) is 17.5. The molecule has 0 saturated heterocycles. The third-order valence-electron chi connectivity index (χ3n) is 3.36. The Kier molecular flexibility index (Phi) is 4.18. The Morgan fingerprint density at radius 1 is 1.33 bits per heavy atom. The average molecular weight is 247 g/mol. The molecule has 0 unspecified atom stereocenters. The number of nitrogens with zero attached hydrogens (tertiary/aromatic N) is 2. The first-order valence-corrected chi connectivity index (χ1v) is 6.61. The third kappa shape index (κ3) is 3.22. The van der Waals surface area contributed by atoms with Gasteiger partial charge in [0.15, 0.2) is 0 Å². The highest BCUT2D eigenvalue weighted by Gasteiger charge is 2.14. The Morgan fingerprint density at radius 3 is 2.72 bits per heavy atom. The molecular formula is C14H21N3O. The van der Waals surface area contributed by atoms with Crippen molar-refractivity contribution in [1.29, 1.82) is 0 Å². The Morgan fingerprint density at radius 2 is 2.06 bits per heavy atom. The molecule has 1 amide bonds. The van der Waals surface area contributed by atoms with Gasteiger partial charge in [-0.1, -0.05) is 19.3 Å². The van der Waals surface area contributed by atoms with Crippen LogP contribution in [-0.2, 0) is 0 Å². The van der Waals surface area contributed by atoms with Crippen molar-refractivity contribution in [2.45, 2.75) is 38.1 Å².